The Kier molecular flexibility index (Phi) is 5.35. The lowest BCUT2D eigenvalue weighted by Gasteiger charge is -2.08. The molecule has 21 heavy (non-hydrogen) atoms. The highest BCUT2D eigenvalue weighted by Crippen LogP contribution is 2.13. The monoisotopic (exact) mass is 301 g/mol. The standard InChI is InChI=1S/C16H16ClN3O/c1-2-3-4-5-16(21)19-15-10-11-18-20(15)12-13-6-8-14(17)9-7-13/h2-11H,12H2,1H3,(H,19,21)/b3-2+,5-4+. The number of hydrogen-bond donors (Lipinski definition) is 1. The Morgan fingerprint density at radius 3 is 2.76 bits per heavy atom. The summed E-state index contributed by atoms with van der Waals surface area (Å²) in [5.74, 6) is 0.464. The number of amides is 1. The van der Waals surface area contributed by atoms with E-state index in [1.807, 2.05) is 37.3 Å². The van der Waals surface area contributed by atoms with Gasteiger partial charge in [-0.15, -0.1) is 0 Å². The second kappa shape index (κ2) is 7.45. The van der Waals surface area contributed by atoms with Crippen LogP contribution >= 0.6 is 11.6 Å². The van der Waals surface area contributed by atoms with Gasteiger partial charge in [-0.25, -0.2) is 4.68 Å². The third-order valence-electron chi connectivity index (χ3n) is 2.76. The molecular formula is C16H16ClN3O. The summed E-state index contributed by atoms with van der Waals surface area (Å²) in [7, 11) is 0. The zero-order valence-corrected chi connectivity index (χ0v) is 12.4. The van der Waals surface area contributed by atoms with Crippen molar-refractivity contribution in [2.75, 3.05) is 5.32 Å². The largest absolute Gasteiger partial charge is 0.307 e. The summed E-state index contributed by atoms with van der Waals surface area (Å²) < 4.78 is 1.73. The molecule has 0 radical (unpaired) electrons. The highest BCUT2D eigenvalue weighted by Gasteiger charge is 2.05. The molecule has 0 saturated heterocycles. The zero-order chi connectivity index (χ0) is 15.1. The average molecular weight is 302 g/mol. The van der Waals surface area contributed by atoms with Gasteiger partial charge in [-0.1, -0.05) is 42.0 Å². The van der Waals surface area contributed by atoms with Gasteiger partial charge in [-0.05, 0) is 24.6 Å². The van der Waals surface area contributed by atoms with Gasteiger partial charge in [0.25, 0.3) is 0 Å². The molecule has 1 N–H and O–H groups in total. The highest BCUT2D eigenvalue weighted by atomic mass is 35.5. The first-order valence-electron chi connectivity index (χ1n) is 6.55. The molecule has 4 nitrogen and oxygen atoms in total. The molecular weight excluding hydrogens is 286 g/mol. The van der Waals surface area contributed by atoms with Gasteiger partial charge in [-0.2, -0.15) is 5.10 Å². The Bertz CT molecular complexity index is 656. The van der Waals surface area contributed by atoms with E-state index in [1.54, 1.807) is 29.1 Å². The molecule has 0 bridgehead atoms. The number of nitrogens with one attached hydrogen (secondary N) is 1. The van der Waals surface area contributed by atoms with Crippen molar-refractivity contribution in [2.24, 2.45) is 0 Å². The molecule has 0 atom stereocenters. The number of carbonyl (C=O) groups excluding carboxylic acids is 1. The van der Waals surface area contributed by atoms with Crippen molar-refractivity contribution < 1.29 is 4.79 Å². The maximum atomic E-state index is 11.7. The van der Waals surface area contributed by atoms with Crippen molar-refractivity contribution in [2.45, 2.75) is 13.5 Å². The summed E-state index contributed by atoms with van der Waals surface area (Å²) in [6.07, 6.45) is 8.47. The van der Waals surface area contributed by atoms with Gasteiger partial charge in [0.1, 0.15) is 5.82 Å². The first-order chi connectivity index (χ1) is 10.2. The Morgan fingerprint density at radius 1 is 1.29 bits per heavy atom. The number of nitrogens with zero attached hydrogens (tertiary/aromatic N) is 2. The summed E-state index contributed by atoms with van der Waals surface area (Å²) in [5.41, 5.74) is 1.06. The summed E-state index contributed by atoms with van der Waals surface area (Å²) in [6.45, 7) is 2.46. The predicted molar refractivity (Wildman–Crippen MR) is 85.4 cm³/mol. The molecule has 1 heterocycles. The van der Waals surface area contributed by atoms with Gasteiger partial charge in [0.05, 0.1) is 12.7 Å². The van der Waals surface area contributed by atoms with Gasteiger partial charge >= 0.3 is 0 Å². The summed E-state index contributed by atoms with van der Waals surface area (Å²) >= 11 is 5.86. The SMILES string of the molecule is C/C=C/C=C/C(=O)Nc1ccnn1Cc1ccc(Cl)cc1. The van der Waals surface area contributed by atoms with E-state index in [9.17, 15) is 4.79 Å². The van der Waals surface area contributed by atoms with E-state index in [2.05, 4.69) is 10.4 Å². The van der Waals surface area contributed by atoms with Crippen LogP contribution in [-0.2, 0) is 11.3 Å². The quantitative estimate of drug-likeness (QED) is 0.677. The smallest absolute Gasteiger partial charge is 0.249 e. The number of rotatable bonds is 5. The van der Waals surface area contributed by atoms with Crippen LogP contribution in [-0.4, -0.2) is 15.7 Å². The lowest BCUT2D eigenvalue weighted by atomic mass is 10.2. The number of aromatic nitrogens is 2. The number of anilines is 1. The van der Waals surface area contributed by atoms with Gasteiger partial charge in [-0.3, -0.25) is 4.79 Å². The van der Waals surface area contributed by atoms with Crippen molar-refractivity contribution >= 4 is 23.3 Å². The van der Waals surface area contributed by atoms with E-state index in [0.717, 1.165) is 5.56 Å². The normalized spacial score (nSPS) is 11.3. The van der Waals surface area contributed by atoms with Crippen molar-refractivity contribution in [3.63, 3.8) is 0 Å². The van der Waals surface area contributed by atoms with Crippen molar-refractivity contribution in [1.82, 2.24) is 9.78 Å². The molecule has 0 aliphatic heterocycles. The third-order valence-corrected chi connectivity index (χ3v) is 3.02. The van der Waals surface area contributed by atoms with Crippen LogP contribution in [0.3, 0.4) is 0 Å². The second-order valence-electron chi connectivity index (χ2n) is 4.37. The lowest BCUT2D eigenvalue weighted by Crippen LogP contribution is -2.13. The Hall–Kier alpha value is -2.33. The van der Waals surface area contributed by atoms with Gasteiger partial charge in [0, 0.05) is 17.2 Å². The lowest BCUT2D eigenvalue weighted by molar-refractivity contribution is -0.111. The van der Waals surface area contributed by atoms with Crippen LogP contribution in [0.4, 0.5) is 5.82 Å². The number of benzene rings is 1. The van der Waals surface area contributed by atoms with E-state index >= 15 is 0 Å². The maximum Gasteiger partial charge on any atom is 0.249 e. The molecule has 0 fully saturated rings. The van der Waals surface area contributed by atoms with E-state index < -0.39 is 0 Å². The Morgan fingerprint density at radius 2 is 2.05 bits per heavy atom. The minimum atomic E-state index is -0.189. The summed E-state index contributed by atoms with van der Waals surface area (Å²) in [5, 5.41) is 7.71. The number of carbonyl (C=O) groups is 1. The van der Waals surface area contributed by atoms with Gasteiger partial charge in [0.2, 0.25) is 5.91 Å². The highest BCUT2D eigenvalue weighted by molar-refractivity contribution is 6.30. The fourth-order valence-corrected chi connectivity index (χ4v) is 1.88. The van der Waals surface area contributed by atoms with Crippen LogP contribution in [0.5, 0.6) is 0 Å². The molecule has 0 aliphatic carbocycles. The topological polar surface area (TPSA) is 46.9 Å². The molecule has 0 spiro atoms. The Labute approximate surface area is 128 Å². The van der Waals surface area contributed by atoms with Crippen LogP contribution in [0.15, 0.2) is 60.8 Å². The molecule has 0 saturated carbocycles. The molecule has 2 rings (SSSR count). The Balaban J connectivity index is 2.04. The molecule has 0 aliphatic rings. The molecule has 5 heteroatoms. The van der Waals surface area contributed by atoms with E-state index in [-0.39, 0.29) is 5.91 Å². The maximum absolute atomic E-state index is 11.7. The molecule has 2 aromatic rings. The van der Waals surface area contributed by atoms with Crippen molar-refractivity contribution in [3.8, 4) is 0 Å². The zero-order valence-electron chi connectivity index (χ0n) is 11.7. The van der Waals surface area contributed by atoms with Gasteiger partial charge < -0.3 is 5.32 Å². The first-order valence-corrected chi connectivity index (χ1v) is 6.93. The average Bonchev–Trinajstić information content (AvgIpc) is 2.89. The number of hydrogen-bond acceptors (Lipinski definition) is 2. The van der Waals surface area contributed by atoms with Gasteiger partial charge in [0.15, 0.2) is 0 Å². The second-order valence-corrected chi connectivity index (χ2v) is 4.81. The first kappa shape index (κ1) is 15.1. The van der Waals surface area contributed by atoms with Crippen LogP contribution in [0.2, 0.25) is 5.02 Å². The van der Waals surface area contributed by atoms with E-state index in [0.29, 0.717) is 17.4 Å². The van der Waals surface area contributed by atoms with E-state index in [1.165, 1.54) is 6.08 Å². The predicted octanol–water partition coefficient (Wildman–Crippen LogP) is 3.66. The summed E-state index contributed by atoms with van der Waals surface area (Å²) in [4.78, 5) is 11.7. The third kappa shape index (κ3) is 4.61. The fourth-order valence-electron chi connectivity index (χ4n) is 1.75. The van der Waals surface area contributed by atoms with Crippen LogP contribution in [0, 0.1) is 0 Å². The summed E-state index contributed by atoms with van der Waals surface area (Å²) in [6, 6.07) is 9.29. The van der Waals surface area contributed by atoms with Crippen LogP contribution in [0.25, 0.3) is 0 Å². The molecule has 1 aromatic carbocycles. The molecule has 1 aromatic heterocycles. The molecule has 0 unspecified atom stereocenters. The van der Waals surface area contributed by atoms with Crippen LogP contribution in [0.1, 0.15) is 12.5 Å². The van der Waals surface area contributed by atoms with E-state index in [4.69, 9.17) is 11.6 Å². The number of halogens is 1. The fraction of sp³-hybridized carbons (Fsp3) is 0.125. The number of allylic oxidation sites excluding steroid dienone is 3. The van der Waals surface area contributed by atoms with Crippen molar-refractivity contribution in [3.05, 3.63) is 71.4 Å². The minimum absolute atomic E-state index is 0.189. The molecule has 108 valence electrons. The minimum Gasteiger partial charge on any atom is -0.307 e. The van der Waals surface area contributed by atoms with Crippen molar-refractivity contribution in [1.29, 1.82) is 0 Å². The van der Waals surface area contributed by atoms with Crippen LogP contribution < -0.4 is 5.32 Å². The molecule has 1 amide bonds.